The van der Waals surface area contributed by atoms with Crippen LogP contribution >= 0.6 is 22.7 Å². The van der Waals surface area contributed by atoms with Gasteiger partial charge in [-0.15, -0.1) is 22.7 Å². The number of fused-ring (bicyclic) bond motifs is 1. The fourth-order valence-electron chi connectivity index (χ4n) is 3.85. The van der Waals surface area contributed by atoms with Crippen LogP contribution in [0.5, 0.6) is 0 Å². The van der Waals surface area contributed by atoms with Gasteiger partial charge < -0.3 is 10.4 Å². The van der Waals surface area contributed by atoms with Gasteiger partial charge in [0, 0.05) is 26.4 Å². The molecule has 3 aromatic rings. The summed E-state index contributed by atoms with van der Waals surface area (Å²) < 4.78 is 1.15. The molecule has 0 aliphatic heterocycles. The van der Waals surface area contributed by atoms with E-state index in [-0.39, 0.29) is 11.3 Å². The third-order valence-corrected chi connectivity index (χ3v) is 7.98. The first-order chi connectivity index (χ1) is 12.6. The molecule has 1 atom stereocenters. The molecular formula is C21H23NO2S2. The van der Waals surface area contributed by atoms with Crippen molar-refractivity contribution >= 4 is 38.7 Å². The van der Waals surface area contributed by atoms with Crippen molar-refractivity contribution in [3.8, 4) is 0 Å². The first-order valence-corrected chi connectivity index (χ1v) is 10.8. The standard InChI is InChI=1S/C21H23NO2S2/c1-14(23)16-8-9-19(26-16)21(10-4-5-11-21)13-22-20(24)18-12-15-6-2-3-7-17(15)25-18/h2-3,6-9,12,14,23H,4-5,10-11,13H2,1H3,(H,22,24)/t14-/m1/s1. The molecule has 0 spiro atoms. The first-order valence-electron chi connectivity index (χ1n) is 9.12. The maximum absolute atomic E-state index is 12.7. The lowest BCUT2D eigenvalue weighted by molar-refractivity contribution is 0.0947. The lowest BCUT2D eigenvalue weighted by Gasteiger charge is -2.28. The number of amides is 1. The average Bonchev–Trinajstić information content (AvgIpc) is 3.38. The lowest BCUT2D eigenvalue weighted by atomic mass is 9.84. The van der Waals surface area contributed by atoms with Crippen LogP contribution < -0.4 is 5.32 Å². The second-order valence-electron chi connectivity index (χ2n) is 7.20. The van der Waals surface area contributed by atoms with Gasteiger partial charge >= 0.3 is 0 Å². The van der Waals surface area contributed by atoms with Gasteiger partial charge in [0.1, 0.15) is 0 Å². The minimum Gasteiger partial charge on any atom is -0.388 e. The van der Waals surface area contributed by atoms with E-state index in [1.807, 2.05) is 30.3 Å². The highest BCUT2D eigenvalue weighted by Crippen LogP contribution is 2.44. The van der Waals surface area contributed by atoms with E-state index in [0.717, 1.165) is 32.7 Å². The van der Waals surface area contributed by atoms with Gasteiger partial charge in [-0.25, -0.2) is 0 Å². The number of carbonyl (C=O) groups excluding carboxylic acids is 1. The Labute approximate surface area is 161 Å². The van der Waals surface area contributed by atoms with Gasteiger partial charge in [-0.1, -0.05) is 31.0 Å². The Hall–Kier alpha value is -1.69. The van der Waals surface area contributed by atoms with Crippen LogP contribution in [0.15, 0.2) is 42.5 Å². The number of nitrogens with one attached hydrogen (secondary N) is 1. The number of aliphatic hydroxyl groups excluding tert-OH is 1. The molecule has 1 fully saturated rings. The number of aliphatic hydroxyl groups is 1. The fraction of sp³-hybridized carbons (Fsp3) is 0.381. The molecule has 1 aliphatic rings. The zero-order valence-electron chi connectivity index (χ0n) is 14.8. The number of hydrogen-bond donors (Lipinski definition) is 2. The smallest absolute Gasteiger partial charge is 0.261 e. The highest BCUT2D eigenvalue weighted by atomic mass is 32.1. The van der Waals surface area contributed by atoms with Gasteiger partial charge in [-0.3, -0.25) is 4.79 Å². The van der Waals surface area contributed by atoms with E-state index < -0.39 is 6.10 Å². The summed E-state index contributed by atoms with van der Waals surface area (Å²) >= 11 is 3.24. The zero-order chi connectivity index (χ0) is 18.1. The zero-order valence-corrected chi connectivity index (χ0v) is 16.5. The van der Waals surface area contributed by atoms with E-state index in [9.17, 15) is 9.90 Å². The van der Waals surface area contributed by atoms with Crippen molar-refractivity contribution in [2.24, 2.45) is 0 Å². The molecule has 26 heavy (non-hydrogen) atoms. The van der Waals surface area contributed by atoms with Crippen LogP contribution in [-0.4, -0.2) is 17.6 Å². The molecule has 1 amide bonds. The van der Waals surface area contributed by atoms with Crippen LogP contribution in [0, 0.1) is 0 Å². The van der Waals surface area contributed by atoms with Gasteiger partial charge in [0.15, 0.2) is 0 Å². The van der Waals surface area contributed by atoms with Gasteiger partial charge in [0.25, 0.3) is 5.91 Å². The number of carbonyl (C=O) groups is 1. The van der Waals surface area contributed by atoms with Crippen molar-refractivity contribution in [2.45, 2.75) is 44.1 Å². The Morgan fingerprint density at radius 1 is 1.19 bits per heavy atom. The number of thiophene rings is 2. The second kappa shape index (κ2) is 7.14. The predicted octanol–water partition coefficient (Wildman–Crippen LogP) is 5.26. The molecule has 1 aromatic carbocycles. The average molecular weight is 386 g/mol. The molecular weight excluding hydrogens is 362 g/mol. The van der Waals surface area contributed by atoms with Crippen LogP contribution in [-0.2, 0) is 5.41 Å². The Balaban J connectivity index is 1.52. The minimum atomic E-state index is -0.430. The maximum atomic E-state index is 12.7. The fourth-order valence-corrected chi connectivity index (χ4v) is 6.02. The topological polar surface area (TPSA) is 49.3 Å². The summed E-state index contributed by atoms with van der Waals surface area (Å²) in [5, 5.41) is 14.2. The largest absolute Gasteiger partial charge is 0.388 e. The second-order valence-corrected chi connectivity index (χ2v) is 9.40. The Morgan fingerprint density at radius 2 is 1.96 bits per heavy atom. The summed E-state index contributed by atoms with van der Waals surface area (Å²) in [5.41, 5.74) is 0.0180. The third-order valence-electron chi connectivity index (χ3n) is 5.36. The molecule has 1 saturated carbocycles. The molecule has 0 radical (unpaired) electrons. The Kier molecular flexibility index (Phi) is 4.86. The van der Waals surface area contributed by atoms with Crippen LogP contribution in [0.1, 0.15) is 58.1 Å². The number of benzene rings is 1. The van der Waals surface area contributed by atoms with E-state index in [2.05, 4.69) is 17.4 Å². The molecule has 0 bridgehead atoms. The van der Waals surface area contributed by atoms with Crippen molar-refractivity contribution in [1.29, 1.82) is 0 Å². The molecule has 5 heteroatoms. The monoisotopic (exact) mass is 385 g/mol. The highest BCUT2D eigenvalue weighted by molar-refractivity contribution is 7.20. The van der Waals surface area contributed by atoms with Crippen LogP contribution in [0.25, 0.3) is 10.1 Å². The van der Waals surface area contributed by atoms with Gasteiger partial charge in [0.2, 0.25) is 0 Å². The highest BCUT2D eigenvalue weighted by Gasteiger charge is 2.37. The third kappa shape index (κ3) is 3.31. The maximum Gasteiger partial charge on any atom is 0.261 e. The molecule has 0 unspecified atom stereocenters. The quantitative estimate of drug-likeness (QED) is 0.629. The molecule has 1 aliphatic carbocycles. The van der Waals surface area contributed by atoms with E-state index in [4.69, 9.17) is 0 Å². The first kappa shape index (κ1) is 17.7. The molecule has 0 saturated heterocycles. The van der Waals surface area contributed by atoms with E-state index in [0.29, 0.717) is 6.54 Å². The molecule has 2 heterocycles. The van der Waals surface area contributed by atoms with Crippen LogP contribution in [0.2, 0.25) is 0 Å². The summed E-state index contributed by atoms with van der Waals surface area (Å²) in [4.78, 5) is 15.8. The molecule has 2 N–H and O–H groups in total. The van der Waals surface area contributed by atoms with Crippen molar-refractivity contribution in [1.82, 2.24) is 5.32 Å². The van der Waals surface area contributed by atoms with Crippen molar-refractivity contribution in [2.75, 3.05) is 6.54 Å². The van der Waals surface area contributed by atoms with Crippen LogP contribution in [0.4, 0.5) is 0 Å². The minimum absolute atomic E-state index is 0.0180. The summed E-state index contributed by atoms with van der Waals surface area (Å²) in [7, 11) is 0. The van der Waals surface area contributed by atoms with Crippen molar-refractivity contribution in [3.63, 3.8) is 0 Å². The molecule has 3 nitrogen and oxygen atoms in total. The predicted molar refractivity (Wildman–Crippen MR) is 109 cm³/mol. The Bertz CT molecular complexity index is 886. The van der Waals surface area contributed by atoms with E-state index in [1.165, 1.54) is 17.7 Å². The normalized spacial score (nSPS) is 17.5. The van der Waals surface area contributed by atoms with Crippen LogP contribution in [0.3, 0.4) is 0 Å². The van der Waals surface area contributed by atoms with Crippen molar-refractivity contribution < 1.29 is 9.90 Å². The molecule has 2 aromatic heterocycles. The number of hydrogen-bond acceptors (Lipinski definition) is 4. The molecule has 4 rings (SSSR count). The van der Waals surface area contributed by atoms with E-state index >= 15 is 0 Å². The SMILES string of the molecule is C[C@@H](O)c1ccc(C2(CNC(=O)c3cc4ccccc4s3)CCCC2)s1. The van der Waals surface area contributed by atoms with E-state index in [1.54, 1.807) is 29.6 Å². The summed E-state index contributed by atoms with van der Waals surface area (Å²) in [5.74, 6) is 0.0183. The Morgan fingerprint density at radius 3 is 2.65 bits per heavy atom. The lowest BCUT2D eigenvalue weighted by Crippen LogP contribution is -2.38. The van der Waals surface area contributed by atoms with Gasteiger partial charge in [0.05, 0.1) is 11.0 Å². The van der Waals surface area contributed by atoms with Gasteiger partial charge in [-0.05, 0) is 49.4 Å². The summed E-state index contributed by atoms with van der Waals surface area (Å²) in [6.07, 6.45) is 4.15. The van der Waals surface area contributed by atoms with Crippen molar-refractivity contribution in [3.05, 3.63) is 57.1 Å². The summed E-state index contributed by atoms with van der Waals surface area (Å²) in [6, 6.07) is 14.3. The van der Waals surface area contributed by atoms with Gasteiger partial charge in [-0.2, -0.15) is 0 Å². The summed E-state index contributed by atoms with van der Waals surface area (Å²) in [6.45, 7) is 2.47. The number of rotatable bonds is 5. The molecule has 136 valence electrons.